The lowest BCUT2D eigenvalue weighted by Gasteiger charge is -2.10. The molecular weight excluding hydrogens is 300 g/mol. The maximum Gasteiger partial charge on any atom is 0.193 e. The molecule has 0 saturated carbocycles. The van der Waals surface area contributed by atoms with Gasteiger partial charge in [0.05, 0.1) is 19.8 Å². The van der Waals surface area contributed by atoms with E-state index in [1.165, 1.54) is 4.88 Å². The number of anilines is 1. The number of guanidine groups is 1. The number of nitrogens with one attached hydrogen (secondary N) is 1. The van der Waals surface area contributed by atoms with E-state index in [0.717, 1.165) is 28.6 Å². The molecule has 0 radical (unpaired) electrons. The van der Waals surface area contributed by atoms with Crippen molar-refractivity contribution in [2.75, 3.05) is 18.5 Å². The largest absolute Gasteiger partial charge is 0.490 e. The highest BCUT2D eigenvalue weighted by molar-refractivity contribution is 7.11. The number of hydrogen-bond acceptors (Lipinski definition) is 5. The van der Waals surface area contributed by atoms with Gasteiger partial charge in [0.25, 0.3) is 0 Å². The second kappa shape index (κ2) is 6.65. The maximum absolute atomic E-state index is 5.91. The van der Waals surface area contributed by atoms with Crippen molar-refractivity contribution >= 4 is 23.0 Å². The Morgan fingerprint density at radius 2 is 2.18 bits per heavy atom. The molecule has 0 fully saturated rings. The third kappa shape index (κ3) is 3.67. The molecule has 3 N–H and O–H groups in total. The number of aromatic nitrogens is 1. The third-order valence-corrected chi connectivity index (χ3v) is 3.97. The molecule has 22 heavy (non-hydrogen) atoms. The predicted octanol–water partition coefficient (Wildman–Crippen LogP) is 2.54. The lowest BCUT2D eigenvalue weighted by molar-refractivity contribution is 0.297. The Kier molecular flexibility index (Phi) is 4.43. The van der Waals surface area contributed by atoms with Crippen molar-refractivity contribution in [1.29, 1.82) is 0 Å². The van der Waals surface area contributed by atoms with Crippen molar-refractivity contribution < 1.29 is 9.47 Å². The van der Waals surface area contributed by atoms with Gasteiger partial charge in [0, 0.05) is 29.2 Å². The number of thiazole rings is 1. The molecule has 0 amide bonds. The number of aryl methyl sites for hydroxylation is 1. The Labute approximate surface area is 133 Å². The molecule has 116 valence electrons. The van der Waals surface area contributed by atoms with Crippen LogP contribution in [0.1, 0.15) is 16.3 Å². The van der Waals surface area contributed by atoms with Crippen LogP contribution in [0.15, 0.2) is 29.4 Å². The number of aliphatic imine (C=N–C) groups is 1. The van der Waals surface area contributed by atoms with Gasteiger partial charge in [-0.2, -0.15) is 0 Å². The van der Waals surface area contributed by atoms with Crippen molar-refractivity contribution in [3.05, 3.63) is 34.3 Å². The van der Waals surface area contributed by atoms with Crippen molar-refractivity contribution in [1.82, 2.24) is 4.98 Å². The highest BCUT2D eigenvalue weighted by atomic mass is 32.1. The van der Waals surface area contributed by atoms with Crippen LogP contribution >= 0.6 is 11.3 Å². The molecule has 6 nitrogen and oxygen atoms in total. The summed E-state index contributed by atoms with van der Waals surface area (Å²) in [5.74, 6) is 1.84. The number of hydrogen-bond donors (Lipinski definition) is 2. The molecule has 2 heterocycles. The Morgan fingerprint density at radius 3 is 2.95 bits per heavy atom. The van der Waals surface area contributed by atoms with E-state index in [0.29, 0.717) is 25.7 Å². The molecule has 0 atom stereocenters. The summed E-state index contributed by atoms with van der Waals surface area (Å²) in [7, 11) is 0. The number of benzene rings is 1. The molecule has 7 heteroatoms. The molecule has 1 aromatic heterocycles. The first-order chi connectivity index (χ1) is 10.7. The highest BCUT2D eigenvalue weighted by Crippen LogP contribution is 2.32. The van der Waals surface area contributed by atoms with E-state index < -0.39 is 0 Å². The minimum Gasteiger partial charge on any atom is -0.490 e. The smallest absolute Gasteiger partial charge is 0.193 e. The van der Waals surface area contributed by atoms with Crippen molar-refractivity contribution in [3.8, 4) is 11.5 Å². The van der Waals surface area contributed by atoms with Crippen LogP contribution < -0.4 is 20.5 Å². The fourth-order valence-electron chi connectivity index (χ4n) is 2.06. The zero-order valence-corrected chi connectivity index (χ0v) is 13.2. The van der Waals surface area contributed by atoms with Gasteiger partial charge in [-0.3, -0.25) is 0 Å². The molecular formula is C15H18N4O2S. The molecule has 2 aromatic rings. The van der Waals surface area contributed by atoms with Gasteiger partial charge in [-0.05, 0) is 19.1 Å². The first-order valence-electron chi connectivity index (χ1n) is 7.08. The SMILES string of the molecule is Cc1cnc(CN=C(N)Nc2ccc3c(c2)OCCCO3)s1. The molecule has 0 saturated heterocycles. The molecule has 0 unspecified atom stereocenters. The first kappa shape index (κ1) is 14.6. The van der Waals surface area contributed by atoms with Crippen molar-refractivity contribution in [2.45, 2.75) is 19.9 Å². The third-order valence-electron chi connectivity index (χ3n) is 3.07. The zero-order valence-electron chi connectivity index (χ0n) is 12.3. The van der Waals surface area contributed by atoms with Crippen LogP contribution in [-0.2, 0) is 6.54 Å². The summed E-state index contributed by atoms with van der Waals surface area (Å²) in [5, 5.41) is 4.00. The van der Waals surface area contributed by atoms with Crippen LogP contribution in [0.3, 0.4) is 0 Å². The number of nitrogens with two attached hydrogens (primary N) is 1. The number of nitrogens with zero attached hydrogens (tertiary/aromatic N) is 2. The van der Waals surface area contributed by atoms with Crippen molar-refractivity contribution in [2.24, 2.45) is 10.7 Å². The second-order valence-corrected chi connectivity index (χ2v) is 6.22. The number of ether oxygens (including phenoxy) is 2. The average Bonchev–Trinajstić information content (AvgIpc) is 2.78. The predicted molar refractivity (Wildman–Crippen MR) is 87.8 cm³/mol. The topological polar surface area (TPSA) is 81.8 Å². The molecule has 1 aliphatic heterocycles. The highest BCUT2D eigenvalue weighted by Gasteiger charge is 2.10. The quantitative estimate of drug-likeness (QED) is 0.671. The van der Waals surface area contributed by atoms with E-state index in [2.05, 4.69) is 15.3 Å². The lowest BCUT2D eigenvalue weighted by Crippen LogP contribution is -2.22. The molecule has 1 aromatic carbocycles. The summed E-state index contributed by atoms with van der Waals surface area (Å²) < 4.78 is 11.2. The van der Waals surface area contributed by atoms with Gasteiger partial charge in [-0.1, -0.05) is 0 Å². The monoisotopic (exact) mass is 318 g/mol. The van der Waals surface area contributed by atoms with Gasteiger partial charge < -0.3 is 20.5 Å². The van der Waals surface area contributed by atoms with Crippen LogP contribution in [0, 0.1) is 6.92 Å². The van der Waals surface area contributed by atoms with Gasteiger partial charge in [0.1, 0.15) is 5.01 Å². The van der Waals surface area contributed by atoms with Crippen LogP contribution in [-0.4, -0.2) is 24.2 Å². The maximum atomic E-state index is 5.91. The normalized spacial score (nSPS) is 14.5. The van der Waals surface area contributed by atoms with E-state index >= 15 is 0 Å². The van der Waals surface area contributed by atoms with Crippen LogP contribution in [0.5, 0.6) is 11.5 Å². The minimum absolute atomic E-state index is 0.349. The molecule has 1 aliphatic rings. The molecule has 0 spiro atoms. The van der Waals surface area contributed by atoms with Crippen molar-refractivity contribution in [3.63, 3.8) is 0 Å². The van der Waals surface area contributed by atoms with E-state index in [4.69, 9.17) is 15.2 Å². The van der Waals surface area contributed by atoms with Crippen LogP contribution in [0.4, 0.5) is 5.69 Å². The Balaban J connectivity index is 1.65. The summed E-state index contributed by atoms with van der Waals surface area (Å²) in [6.07, 6.45) is 2.72. The van der Waals surface area contributed by atoms with Gasteiger partial charge in [0.15, 0.2) is 17.5 Å². The summed E-state index contributed by atoms with van der Waals surface area (Å²) >= 11 is 1.62. The first-order valence-corrected chi connectivity index (χ1v) is 7.90. The Bertz CT molecular complexity index is 684. The Hall–Kier alpha value is -2.28. The second-order valence-electron chi connectivity index (χ2n) is 4.90. The number of fused-ring (bicyclic) bond motifs is 1. The van der Waals surface area contributed by atoms with E-state index in [1.807, 2.05) is 31.3 Å². The summed E-state index contributed by atoms with van der Waals surface area (Å²) in [4.78, 5) is 9.71. The minimum atomic E-state index is 0.349. The van der Waals surface area contributed by atoms with Gasteiger partial charge in [-0.25, -0.2) is 9.98 Å². The summed E-state index contributed by atoms with van der Waals surface area (Å²) in [6.45, 7) is 3.83. The van der Waals surface area contributed by atoms with Gasteiger partial charge >= 0.3 is 0 Å². The fraction of sp³-hybridized carbons (Fsp3) is 0.333. The molecule has 3 rings (SSSR count). The number of rotatable bonds is 3. The van der Waals surface area contributed by atoms with Gasteiger partial charge in [-0.15, -0.1) is 11.3 Å². The standard InChI is InChI=1S/C15H18N4O2S/c1-10-8-17-14(22-10)9-18-15(16)19-11-3-4-12-13(7-11)21-6-2-5-20-12/h3-4,7-8H,2,5-6,9H2,1H3,(H3,16,18,19). The lowest BCUT2D eigenvalue weighted by atomic mass is 10.3. The average molecular weight is 318 g/mol. The van der Waals surface area contributed by atoms with E-state index in [9.17, 15) is 0 Å². The molecule has 0 bridgehead atoms. The van der Waals surface area contributed by atoms with Gasteiger partial charge in [0.2, 0.25) is 0 Å². The van der Waals surface area contributed by atoms with E-state index in [-0.39, 0.29) is 0 Å². The summed E-state index contributed by atoms with van der Waals surface area (Å²) in [6, 6.07) is 5.64. The zero-order chi connectivity index (χ0) is 15.4. The summed E-state index contributed by atoms with van der Waals surface area (Å²) in [5.41, 5.74) is 6.73. The van der Waals surface area contributed by atoms with Crippen LogP contribution in [0.2, 0.25) is 0 Å². The van der Waals surface area contributed by atoms with Crippen LogP contribution in [0.25, 0.3) is 0 Å². The fourth-order valence-corrected chi connectivity index (χ4v) is 2.77. The molecule has 0 aliphatic carbocycles. The Morgan fingerprint density at radius 1 is 1.36 bits per heavy atom. The van der Waals surface area contributed by atoms with E-state index in [1.54, 1.807) is 11.3 Å².